The SMILES string of the molecule is NNc1nccc(C(=O)NC2CCSCC2)c1F. The van der Waals surface area contributed by atoms with Crippen molar-refractivity contribution in [3.63, 3.8) is 0 Å². The number of nitrogens with two attached hydrogens (primary N) is 1. The molecule has 7 heteroatoms. The van der Waals surface area contributed by atoms with E-state index in [0.29, 0.717) is 0 Å². The first-order valence-corrected chi connectivity index (χ1v) is 6.87. The first-order chi connectivity index (χ1) is 8.72. The van der Waals surface area contributed by atoms with Gasteiger partial charge in [0.05, 0.1) is 5.56 Å². The molecule has 4 N–H and O–H groups in total. The van der Waals surface area contributed by atoms with Crippen molar-refractivity contribution in [3.8, 4) is 0 Å². The fourth-order valence-corrected chi connectivity index (χ4v) is 2.93. The maximum absolute atomic E-state index is 13.8. The van der Waals surface area contributed by atoms with Gasteiger partial charge in [0.1, 0.15) is 0 Å². The maximum Gasteiger partial charge on any atom is 0.254 e. The molecular formula is C11H15FN4OS. The van der Waals surface area contributed by atoms with Crippen molar-refractivity contribution in [2.24, 2.45) is 5.84 Å². The van der Waals surface area contributed by atoms with Crippen LogP contribution in [0.15, 0.2) is 12.3 Å². The van der Waals surface area contributed by atoms with E-state index in [2.05, 4.69) is 15.7 Å². The second-order valence-corrected chi connectivity index (χ2v) is 5.25. The number of nitrogens with one attached hydrogen (secondary N) is 2. The van der Waals surface area contributed by atoms with Crippen LogP contribution >= 0.6 is 11.8 Å². The highest BCUT2D eigenvalue weighted by Crippen LogP contribution is 2.18. The van der Waals surface area contributed by atoms with E-state index in [1.54, 1.807) is 0 Å². The summed E-state index contributed by atoms with van der Waals surface area (Å²) >= 11 is 1.87. The molecule has 0 aliphatic carbocycles. The Kier molecular flexibility index (Phi) is 4.38. The number of thioether (sulfide) groups is 1. The first-order valence-electron chi connectivity index (χ1n) is 5.72. The molecule has 18 heavy (non-hydrogen) atoms. The van der Waals surface area contributed by atoms with Gasteiger partial charge in [-0.2, -0.15) is 11.8 Å². The van der Waals surface area contributed by atoms with Crippen LogP contribution in [0.1, 0.15) is 23.2 Å². The molecule has 1 aromatic heterocycles. The fraction of sp³-hybridized carbons (Fsp3) is 0.455. The molecule has 1 aliphatic heterocycles. The number of anilines is 1. The number of rotatable bonds is 3. The number of carbonyl (C=O) groups is 1. The van der Waals surface area contributed by atoms with E-state index >= 15 is 0 Å². The number of pyridine rings is 1. The number of aromatic nitrogens is 1. The second kappa shape index (κ2) is 6.01. The molecule has 0 unspecified atom stereocenters. The van der Waals surface area contributed by atoms with E-state index in [9.17, 15) is 9.18 Å². The molecule has 0 aromatic carbocycles. The Bertz CT molecular complexity index is 437. The van der Waals surface area contributed by atoms with Crippen molar-refractivity contribution in [2.45, 2.75) is 18.9 Å². The molecule has 1 saturated heterocycles. The van der Waals surface area contributed by atoms with Gasteiger partial charge in [0.2, 0.25) is 0 Å². The lowest BCUT2D eigenvalue weighted by Gasteiger charge is -2.22. The van der Waals surface area contributed by atoms with Gasteiger partial charge in [0.25, 0.3) is 5.91 Å². The summed E-state index contributed by atoms with van der Waals surface area (Å²) in [5, 5.41) is 2.84. The topological polar surface area (TPSA) is 80.0 Å². The number of halogens is 1. The average molecular weight is 270 g/mol. The van der Waals surface area contributed by atoms with E-state index in [-0.39, 0.29) is 17.4 Å². The Morgan fingerprint density at radius 1 is 1.50 bits per heavy atom. The number of hydrogen-bond donors (Lipinski definition) is 3. The molecule has 0 spiro atoms. The molecule has 1 aromatic rings. The first kappa shape index (κ1) is 13.1. The predicted molar refractivity (Wildman–Crippen MR) is 69.8 cm³/mol. The third-order valence-electron chi connectivity index (χ3n) is 2.83. The highest BCUT2D eigenvalue weighted by molar-refractivity contribution is 7.99. The lowest BCUT2D eigenvalue weighted by Crippen LogP contribution is -2.37. The smallest absolute Gasteiger partial charge is 0.254 e. The standard InChI is InChI=1S/C11H15FN4OS/c12-9-8(1-4-14-10(9)16-13)11(17)15-7-2-5-18-6-3-7/h1,4,7H,2-3,5-6,13H2,(H,14,16)(H,15,17). The van der Waals surface area contributed by atoms with Gasteiger partial charge in [0, 0.05) is 12.2 Å². The molecule has 2 rings (SSSR count). The van der Waals surface area contributed by atoms with Crippen LogP contribution in [-0.2, 0) is 0 Å². The number of nitrogens with zero attached hydrogens (tertiary/aromatic N) is 1. The largest absolute Gasteiger partial charge is 0.349 e. The zero-order chi connectivity index (χ0) is 13.0. The summed E-state index contributed by atoms with van der Waals surface area (Å²) in [5.74, 6) is 5.91. The summed E-state index contributed by atoms with van der Waals surface area (Å²) in [5.41, 5.74) is 2.09. The molecule has 1 aliphatic rings. The van der Waals surface area contributed by atoms with Gasteiger partial charge in [-0.3, -0.25) is 4.79 Å². The third kappa shape index (κ3) is 2.91. The van der Waals surface area contributed by atoms with Crippen LogP contribution in [0.2, 0.25) is 0 Å². The quantitative estimate of drug-likeness (QED) is 0.567. The van der Waals surface area contributed by atoms with Crippen LogP contribution < -0.4 is 16.6 Å². The lowest BCUT2D eigenvalue weighted by molar-refractivity contribution is 0.0930. The van der Waals surface area contributed by atoms with Crippen molar-refractivity contribution in [1.29, 1.82) is 0 Å². The molecule has 0 saturated carbocycles. The van der Waals surface area contributed by atoms with E-state index in [1.165, 1.54) is 12.3 Å². The van der Waals surface area contributed by atoms with Crippen molar-refractivity contribution in [3.05, 3.63) is 23.6 Å². The summed E-state index contributed by atoms with van der Waals surface area (Å²) in [6, 6.07) is 1.48. The van der Waals surface area contributed by atoms with Crippen LogP contribution in [-0.4, -0.2) is 28.4 Å². The summed E-state index contributed by atoms with van der Waals surface area (Å²) < 4.78 is 13.8. The highest BCUT2D eigenvalue weighted by atomic mass is 32.2. The van der Waals surface area contributed by atoms with E-state index in [4.69, 9.17) is 5.84 Å². The molecular weight excluding hydrogens is 255 g/mol. The molecule has 2 heterocycles. The van der Waals surface area contributed by atoms with Crippen LogP contribution in [0.4, 0.5) is 10.2 Å². The minimum atomic E-state index is -0.720. The van der Waals surface area contributed by atoms with Gasteiger partial charge in [-0.05, 0) is 30.4 Å². The van der Waals surface area contributed by atoms with Crippen LogP contribution in [0.3, 0.4) is 0 Å². The average Bonchev–Trinajstić information content (AvgIpc) is 2.40. The number of carbonyl (C=O) groups excluding carboxylic acids is 1. The molecule has 0 radical (unpaired) electrons. The Morgan fingerprint density at radius 2 is 2.22 bits per heavy atom. The van der Waals surface area contributed by atoms with Crippen molar-refractivity contribution in [1.82, 2.24) is 10.3 Å². The summed E-state index contributed by atoms with van der Waals surface area (Å²) in [7, 11) is 0. The highest BCUT2D eigenvalue weighted by Gasteiger charge is 2.20. The second-order valence-electron chi connectivity index (χ2n) is 4.03. The summed E-state index contributed by atoms with van der Waals surface area (Å²) in [4.78, 5) is 15.6. The van der Waals surface area contributed by atoms with E-state index in [1.807, 2.05) is 11.8 Å². The van der Waals surface area contributed by atoms with Gasteiger partial charge in [-0.15, -0.1) is 0 Å². The van der Waals surface area contributed by atoms with Crippen molar-refractivity contribution >= 4 is 23.5 Å². The maximum atomic E-state index is 13.8. The number of hydrogen-bond acceptors (Lipinski definition) is 5. The normalized spacial score (nSPS) is 16.3. The van der Waals surface area contributed by atoms with Crippen molar-refractivity contribution < 1.29 is 9.18 Å². The minimum absolute atomic E-state index is 0.0313. The Hall–Kier alpha value is -1.34. The minimum Gasteiger partial charge on any atom is -0.349 e. The van der Waals surface area contributed by atoms with Crippen LogP contribution in [0, 0.1) is 5.82 Å². The van der Waals surface area contributed by atoms with E-state index in [0.717, 1.165) is 24.3 Å². The molecule has 0 bridgehead atoms. The lowest BCUT2D eigenvalue weighted by atomic mass is 10.1. The molecule has 98 valence electrons. The summed E-state index contributed by atoms with van der Waals surface area (Å²) in [6.07, 6.45) is 3.19. The Morgan fingerprint density at radius 3 is 2.89 bits per heavy atom. The molecule has 5 nitrogen and oxygen atoms in total. The predicted octanol–water partition coefficient (Wildman–Crippen LogP) is 1.13. The third-order valence-corrected chi connectivity index (χ3v) is 3.88. The Labute approximate surface area is 109 Å². The van der Waals surface area contributed by atoms with Gasteiger partial charge in [-0.25, -0.2) is 15.2 Å². The number of hydrazine groups is 1. The Balaban J connectivity index is 2.08. The van der Waals surface area contributed by atoms with Crippen LogP contribution in [0.5, 0.6) is 0 Å². The van der Waals surface area contributed by atoms with Crippen molar-refractivity contribution in [2.75, 3.05) is 16.9 Å². The number of nitrogen functional groups attached to an aromatic ring is 1. The van der Waals surface area contributed by atoms with Gasteiger partial charge in [-0.1, -0.05) is 0 Å². The van der Waals surface area contributed by atoms with Gasteiger partial charge < -0.3 is 10.7 Å². The summed E-state index contributed by atoms with van der Waals surface area (Å²) in [6.45, 7) is 0. The van der Waals surface area contributed by atoms with Gasteiger partial charge in [0.15, 0.2) is 11.6 Å². The van der Waals surface area contributed by atoms with Gasteiger partial charge >= 0.3 is 0 Å². The molecule has 1 amide bonds. The zero-order valence-corrected chi connectivity index (χ0v) is 10.6. The van der Waals surface area contributed by atoms with Crippen LogP contribution in [0.25, 0.3) is 0 Å². The molecule has 1 fully saturated rings. The number of amides is 1. The van der Waals surface area contributed by atoms with E-state index < -0.39 is 11.7 Å². The monoisotopic (exact) mass is 270 g/mol. The fourth-order valence-electron chi connectivity index (χ4n) is 1.82. The molecule has 0 atom stereocenters. The zero-order valence-electron chi connectivity index (χ0n) is 9.78.